The van der Waals surface area contributed by atoms with Crippen LogP contribution in [-0.4, -0.2) is 9.97 Å². The Kier molecular flexibility index (Phi) is 4.45. The molecule has 3 heteroatoms. The number of pyridine rings is 1. The van der Waals surface area contributed by atoms with Gasteiger partial charge in [0.05, 0.1) is 6.20 Å². The third kappa shape index (κ3) is 3.07. The van der Waals surface area contributed by atoms with E-state index in [-0.39, 0.29) is 0 Å². The molecular formula is C16H16N2O. The summed E-state index contributed by atoms with van der Waals surface area (Å²) >= 11 is 0. The maximum Gasteiger partial charge on any atom is 0.245 e. The Bertz CT molecular complexity index is 549. The van der Waals surface area contributed by atoms with Gasteiger partial charge in [0.1, 0.15) is 5.69 Å². The van der Waals surface area contributed by atoms with E-state index in [1.54, 1.807) is 12.4 Å². The lowest BCUT2D eigenvalue weighted by Crippen LogP contribution is -1.79. The highest BCUT2D eigenvalue weighted by Gasteiger charge is 2.08. The monoisotopic (exact) mass is 252 g/mol. The predicted molar refractivity (Wildman–Crippen MR) is 76.5 cm³/mol. The summed E-state index contributed by atoms with van der Waals surface area (Å²) in [4.78, 5) is 8.43. The lowest BCUT2D eigenvalue weighted by atomic mass is 10.2. The first-order chi connectivity index (χ1) is 9.43. The van der Waals surface area contributed by atoms with Gasteiger partial charge in [-0.1, -0.05) is 50.2 Å². The molecule has 2 heterocycles. The van der Waals surface area contributed by atoms with E-state index in [2.05, 4.69) is 9.97 Å². The molecule has 0 radical (unpaired) electrons. The summed E-state index contributed by atoms with van der Waals surface area (Å²) in [6, 6.07) is 15.5. The first-order valence-corrected chi connectivity index (χ1v) is 6.36. The van der Waals surface area contributed by atoms with Gasteiger partial charge in [0.25, 0.3) is 0 Å². The number of aromatic nitrogens is 2. The van der Waals surface area contributed by atoms with E-state index in [1.165, 1.54) is 0 Å². The molecule has 0 amide bonds. The normalized spacial score (nSPS) is 9.58. The van der Waals surface area contributed by atoms with Gasteiger partial charge in [-0.25, -0.2) is 4.98 Å². The van der Waals surface area contributed by atoms with Crippen LogP contribution in [0, 0.1) is 0 Å². The minimum Gasteiger partial charge on any atom is -0.435 e. The molecule has 0 spiro atoms. The Labute approximate surface area is 113 Å². The Balaban J connectivity index is 0.000000637. The third-order valence-corrected chi connectivity index (χ3v) is 2.45. The molecule has 3 aromatic rings. The first kappa shape index (κ1) is 13.0. The standard InChI is InChI=1S/C14H10N2O.C2H6/c1-2-6-11(7-3-1)13-10-16-14(17-13)12-8-4-5-9-15-12;1-2/h1-10H;1-2H3. The van der Waals surface area contributed by atoms with Crippen LogP contribution in [0.5, 0.6) is 0 Å². The lowest BCUT2D eigenvalue weighted by molar-refractivity contribution is 0.586. The van der Waals surface area contributed by atoms with Gasteiger partial charge in [0.2, 0.25) is 5.89 Å². The van der Waals surface area contributed by atoms with E-state index in [0.717, 1.165) is 17.0 Å². The molecule has 0 saturated heterocycles. The van der Waals surface area contributed by atoms with Gasteiger partial charge >= 0.3 is 0 Å². The molecule has 0 saturated carbocycles. The van der Waals surface area contributed by atoms with E-state index in [1.807, 2.05) is 62.4 Å². The number of benzene rings is 1. The second kappa shape index (κ2) is 6.50. The summed E-state index contributed by atoms with van der Waals surface area (Å²) in [6.45, 7) is 4.00. The average molecular weight is 252 g/mol. The van der Waals surface area contributed by atoms with Crippen molar-refractivity contribution in [2.45, 2.75) is 13.8 Å². The fraction of sp³-hybridized carbons (Fsp3) is 0.125. The van der Waals surface area contributed by atoms with E-state index in [4.69, 9.17) is 4.42 Å². The van der Waals surface area contributed by atoms with E-state index < -0.39 is 0 Å². The maximum absolute atomic E-state index is 5.68. The van der Waals surface area contributed by atoms with E-state index in [9.17, 15) is 0 Å². The molecule has 0 N–H and O–H groups in total. The number of hydrogen-bond acceptors (Lipinski definition) is 3. The van der Waals surface area contributed by atoms with Crippen LogP contribution in [-0.2, 0) is 0 Å². The van der Waals surface area contributed by atoms with Crippen molar-refractivity contribution < 1.29 is 4.42 Å². The fourth-order valence-corrected chi connectivity index (χ4v) is 1.62. The predicted octanol–water partition coefficient (Wildman–Crippen LogP) is 4.43. The van der Waals surface area contributed by atoms with Crippen LogP contribution in [0.3, 0.4) is 0 Å². The minimum atomic E-state index is 0.546. The molecule has 0 fully saturated rings. The van der Waals surface area contributed by atoms with Gasteiger partial charge in [-0.3, -0.25) is 4.98 Å². The number of nitrogens with zero attached hydrogens (tertiary/aromatic N) is 2. The zero-order valence-electron chi connectivity index (χ0n) is 11.1. The number of oxazole rings is 1. The number of hydrogen-bond donors (Lipinski definition) is 0. The summed E-state index contributed by atoms with van der Waals surface area (Å²) in [6.07, 6.45) is 3.45. The molecule has 0 aliphatic heterocycles. The Hall–Kier alpha value is -2.42. The maximum atomic E-state index is 5.68. The lowest BCUT2D eigenvalue weighted by Gasteiger charge is -1.95. The summed E-state index contributed by atoms with van der Waals surface area (Å²) in [7, 11) is 0. The Morgan fingerprint density at radius 2 is 1.58 bits per heavy atom. The van der Waals surface area contributed by atoms with Crippen molar-refractivity contribution in [2.24, 2.45) is 0 Å². The zero-order valence-corrected chi connectivity index (χ0v) is 11.1. The van der Waals surface area contributed by atoms with Crippen molar-refractivity contribution in [3.63, 3.8) is 0 Å². The van der Waals surface area contributed by atoms with Crippen molar-refractivity contribution >= 4 is 0 Å². The van der Waals surface area contributed by atoms with Crippen LogP contribution in [0.4, 0.5) is 0 Å². The van der Waals surface area contributed by atoms with Gasteiger partial charge in [-0.2, -0.15) is 0 Å². The average Bonchev–Trinajstić information content (AvgIpc) is 3.01. The molecular weight excluding hydrogens is 236 g/mol. The second-order valence-corrected chi connectivity index (χ2v) is 3.61. The first-order valence-electron chi connectivity index (χ1n) is 6.36. The molecule has 96 valence electrons. The molecule has 2 aromatic heterocycles. The molecule has 3 rings (SSSR count). The van der Waals surface area contributed by atoms with Gasteiger partial charge in [0, 0.05) is 11.8 Å². The van der Waals surface area contributed by atoms with Crippen LogP contribution in [0.1, 0.15) is 13.8 Å². The van der Waals surface area contributed by atoms with Gasteiger partial charge in [-0.15, -0.1) is 0 Å². The molecule has 3 nitrogen and oxygen atoms in total. The molecule has 1 aromatic carbocycles. The van der Waals surface area contributed by atoms with Crippen LogP contribution in [0.2, 0.25) is 0 Å². The van der Waals surface area contributed by atoms with E-state index in [0.29, 0.717) is 5.89 Å². The highest BCUT2D eigenvalue weighted by molar-refractivity contribution is 5.59. The van der Waals surface area contributed by atoms with Crippen molar-refractivity contribution in [2.75, 3.05) is 0 Å². The van der Waals surface area contributed by atoms with Crippen LogP contribution in [0.25, 0.3) is 22.9 Å². The van der Waals surface area contributed by atoms with Crippen molar-refractivity contribution in [1.82, 2.24) is 9.97 Å². The largest absolute Gasteiger partial charge is 0.435 e. The summed E-state index contributed by atoms with van der Waals surface area (Å²) in [5.74, 6) is 1.30. The summed E-state index contributed by atoms with van der Waals surface area (Å²) < 4.78 is 5.68. The molecule has 0 aliphatic rings. The van der Waals surface area contributed by atoms with Crippen LogP contribution < -0.4 is 0 Å². The van der Waals surface area contributed by atoms with Crippen LogP contribution >= 0.6 is 0 Å². The topological polar surface area (TPSA) is 38.9 Å². The molecule has 0 unspecified atom stereocenters. The molecule has 0 atom stereocenters. The molecule has 19 heavy (non-hydrogen) atoms. The fourth-order valence-electron chi connectivity index (χ4n) is 1.62. The van der Waals surface area contributed by atoms with Crippen molar-refractivity contribution in [3.05, 3.63) is 60.9 Å². The summed E-state index contributed by atoms with van der Waals surface area (Å²) in [5.41, 5.74) is 1.76. The van der Waals surface area contributed by atoms with Gasteiger partial charge in [-0.05, 0) is 12.1 Å². The second-order valence-electron chi connectivity index (χ2n) is 3.61. The molecule has 0 bridgehead atoms. The number of rotatable bonds is 2. The SMILES string of the molecule is CC.c1ccc(-c2cnc(-c3ccccn3)o2)cc1. The molecule has 0 aliphatic carbocycles. The zero-order chi connectivity index (χ0) is 13.5. The highest BCUT2D eigenvalue weighted by Crippen LogP contribution is 2.24. The highest BCUT2D eigenvalue weighted by atomic mass is 16.4. The quantitative estimate of drug-likeness (QED) is 0.677. The van der Waals surface area contributed by atoms with Crippen molar-refractivity contribution in [1.29, 1.82) is 0 Å². The third-order valence-electron chi connectivity index (χ3n) is 2.45. The van der Waals surface area contributed by atoms with Crippen molar-refractivity contribution in [3.8, 4) is 22.9 Å². The Morgan fingerprint density at radius 1 is 0.842 bits per heavy atom. The van der Waals surface area contributed by atoms with Crippen LogP contribution in [0.15, 0.2) is 65.3 Å². The summed E-state index contributed by atoms with van der Waals surface area (Å²) in [5, 5.41) is 0. The Morgan fingerprint density at radius 3 is 2.26 bits per heavy atom. The van der Waals surface area contributed by atoms with Gasteiger partial charge in [0.15, 0.2) is 5.76 Å². The van der Waals surface area contributed by atoms with Gasteiger partial charge < -0.3 is 4.42 Å². The van der Waals surface area contributed by atoms with E-state index >= 15 is 0 Å². The smallest absolute Gasteiger partial charge is 0.245 e. The minimum absolute atomic E-state index is 0.546.